The van der Waals surface area contributed by atoms with Gasteiger partial charge in [-0.15, -0.1) is 23.4 Å². The van der Waals surface area contributed by atoms with Crippen molar-refractivity contribution < 1.29 is 22.7 Å². The van der Waals surface area contributed by atoms with E-state index in [-0.39, 0.29) is 17.7 Å². The summed E-state index contributed by atoms with van der Waals surface area (Å²) in [7, 11) is 0. The number of nitrogens with zero attached hydrogens (tertiary/aromatic N) is 3. The first-order valence-electron chi connectivity index (χ1n) is 7.42. The minimum atomic E-state index is -4.69. The van der Waals surface area contributed by atoms with Crippen molar-refractivity contribution in [2.75, 3.05) is 4.90 Å². The lowest BCUT2D eigenvalue weighted by Crippen LogP contribution is -2.30. The maximum absolute atomic E-state index is 12.1. The number of rotatable bonds is 6. The average molecular weight is 389 g/mol. The van der Waals surface area contributed by atoms with E-state index in [1.807, 2.05) is 0 Å². The number of halogens is 3. The fraction of sp³-hybridized carbons (Fsp3) is 0.400. The number of benzene rings is 1. The second-order valence-corrected chi connectivity index (χ2v) is 7.63. The van der Waals surface area contributed by atoms with Crippen molar-refractivity contribution in [3.05, 3.63) is 29.8 Å². The van der Waals surface area contributed by atoms with Crippen LogP contribution >= 0.6 is 23.1 Å². The van der Waals surface area contributed by atoms with Gasteiger partial charge in [0.2, 0.25) is 11.0 Å². The summed E-state index contributed by atoms with van der Waals surface area (Å²) in [4.78, 5) is 13.4. The number of anilines is 1. The van der Waals surface area contributed by atoms with Gasteiger partial charge in [-0.3, -0.25) is 9.69 Å². The molecule has 0 radical (unpaired) electrons. The SMILES string of the molecule is CC(=O)N(c1nnc(SCc2ccc(OC(F)(F)F)cc2)s1)C1CC1. The molecule has 0 atom stereocenters. The van der Waals surface area contributed by atoms with Crippen molar-refractivity contribution in [3.63, 3.8) is 0 Å². The maximum atomic E-state index is 12.1. The molecule has 0 N–H and O–H groups in total. The molecular formula is C15H14F3N3O2S2. The van der Waals surface area contributed by atoms with Crippen LogP contribution in [0.25, 0.3) is 0 Å². The summed E-state index contributed by atoms with van der Waals surface area (Å²) in [6, 6.07) is 5.92. The zero-order valence-corrected chi connectivity index (χ0v) is 14.7. The highest BCUT2D eigenvalue weighted by molar-refractivity contribution is 8.00. The van der Waals surface area contributed by atoms with Gasteiger partial charge >= 0.3 is 6.36 Å². The van der Waals surface area contributed by atoms with Crippen molar-refractivity contribution in [2.45, 2.75) is 42.3 Å². The molecule has 0 bridgehead atoms. The molecule has 5 nitrogen and oxygen atoms in total. The van der Waals surface area contributed by atoms with Gasteiger partial charge in [-0.05, 0) is 30.5 Å². The quantitative estimate of drug-likeness (QED) is 0.546. The van der Waals surface area contributed by atoms with Crippen molar-refractivity contribution in [3.8, 4) is 5.75 Å². The molecule has 1 aliphatic carbocycles. The third-order valence-electron chi connectivity index (χ3n) is 3.37. The molecule has 134 valence electrons. The van der Waals surface area contributed by atoms with Crippen LogP contribution in [0.15, 0.2) is 28.6 Å². The largest absolute Gasteiger partial charge is 0.573 e. The number of amides is 1. The Morgan fingerprint density at radius 1 is 1.32 bits per heavy atom. The van der Waals surface area contributed by atoms with E-state index < -0.39 is 6.36 Å². The van der Waals surface area contributed by atoms with Crippen LogP contribution < -0.4 is 9.64 Å². The third-order valence-corrected chi connectivity index (χ3v) is 5.50. The Bertz CT molecular complexity index is 745. The number of ether oxygens (including phenoxy) is 1. The van der Waals surface area contributed by atoms with E-state index >= 15 is 0 Å². The van der Waals surface area contributed by atoms with Crippen LogP contribution in [0.1, 0.15) is 25.3 Å². The van der Waals surface area contributed by atoms with Crippen LogP contribution in [-0.2, 0) is 10.5 Å². The second kappa shape index (κ2) is 7.20. The fourth-order valence-corrected chi connectivity index (χ4v) is 4.08. The van der Waals surface area contributed by atoms with E-state index in [0.29, 0.717) is 15.2 Å². The van der Waals surface area contributed by atoms with E-state index in [2.05, 4.69) is 14.9 Å². The zero-order valence-electron chi connectivity index (χ0n) is 13.1. The van der Waals surface area contributed by atoms with Gasteiger partial charge in [-0.1, -0.05) is 35.2 Å². The van der Waals surface area contributed by atoms with E-state index in [1.165, 1.54) is 42.2 Å². The summed E-state index contributed by atoms with van der Waals surface area (Å²) in [6.45, 7) is 1.51. The molecule has 3 rings (SSSR count). The molecule has 1 aromatic heterocycles. The summed E-state index contributed by atoms with van der Waals surface area (Å²) in [6.07, 6.45) is -2.73. The molecule has 1 saturated carbocycles. The Morgan fingerprint density at radius 2 is 2.00 bits per heavy atom. The number of alkyl halides is 3. The smallest absolute Gasteiger partial charge is 0.406 e. The summed E-state index contributed by atoms with van der Waals surface area (Å²) in [5.74, 6) is 0.237. The number of thioether (sulfide) groups is 1. The van der Waals surface area contributed by atoms with Crippen LogP contribution in [-0.4, -0.2) is 28.5 Å². The molecule has 25 heavy (non-hydrogen) atoms. The zero-order chi connectivity index (χ0) is 18.0. The van der Waals surface area contributed by atoms with Crippen molar-refractivity contribution in [1.82, 2.24) is 10.2 Å². The first-order chi connectivity index (χ1) is 11.8. The number of hydrogen-bond acceptors (Lipinski definition) is 6. The molecule has 1 aliphatic rings. The van der Waals surface area contributed by atoms with Gasteiger partial charge in [0.15, 0.2) is 4.34 Å². The Kier molecular flexibility index (Phi) is 5.19. The normalized spacial score (nSPS) is 14.4. The predicted octanol–water partition coefficient (Wildman–Crippen LogP) is 4.24. The van der Waals surface area contributed by atoms with Gasteiger partial charge in [-0.2, -0.15) is 0 Å². The topological polar surface area (TPSA) is 55.3 Å². The number of carbonyl (C=O) groups is 1. The molecule has 1 amide bonds. The Labute approximate surface area is 150 Å². The summed E-state index contributed by atoms with van der Waals surface area (Å²) in [5, 5.41) is 8.74. The Balaban J connectivity index is 1.58. The molecule has 0 aliphatic heterocycles. The molecular weight excluding hydrogens is 375 g/mol. The predicted molar refractivity (Wildman–Crippen MR) is 88.8 cm³/mol. The van der Waals surface area contributed by atoms with Crippen LogP contribution in [0.4, 0.5) is 18.3 Å². The van der Waals surface area contributed by atoms with Crippen LogP contribution in [0.5, 0.6) is 5.75 Å². The lowest BCUT2D eigenvalue weighted by Gasteiger charge is -2.15. The van der Waals surface area contributed by atoms with E-state index in [1.54, 1.807) is 17.0 Å². The first kappa shape index (κ1) is 18.0. The highest BCUT2D eigenvalue weighted by Gasteiger charge is 2.34. The number of aromatic nitrogens is 2. The van der Waals surface area contributed by atoms with Crippen LogP contribution in [0.3, 0.4) is 0 Å². The monoisotopic (exact) mass is 389 g/mol. The minimum absolute atomic E-state index is 0.0459. The first-order valence-corrected chi connectivity index (χ1v) is 9.23. The maximum Gasteiger partial charge on any atom is 0.573 e. The van der Waals surface area contributed by atoms with Crippen molar-refractivity contribution >= 4 is 34.1 Å². The molecule has 10 heteroatoms. The van der Waals surface area contributed by atoms with Gasteiger partial charge in [-0.25, -0.2) is 0 Å². The lowest BCUT2D eigenvalue weighted by molar-refractivity contribution is -0.274. The molecule has 0 spiro atoms. The summed E-state index contributed by atoms with van der Waals surface area (Å²) >= 11 is 2.76. The molecule has 2 aromatic rings. The number of hydrogen-bond donors (Lipinski definition) is 0. The van der Waals surface area contributed by atoms with Crippen molar-refractivity contribution in [2.24, 2.45) is 0 Å². The van der Waals surface area contributed by atoms with Gasteiger partial charge in [0.1, 0.15) is 5.75 Å². The summed E-state index contributed by atoms with van der Waals surface area (Å²) in [5.41, 5.74) is 0.835. The minimum Gasteiger partial charge on any atom is -0.406 e. The van der Waals surface area contributed by atoms with E-state index in [4.69, 9.17) is 0 Å². The van der Waals surface area contributed by atoms with Gasteiger partial charge in [0.05, 0.1) is 0 Å². The second-order valence-electron chi connectivity index (χ2n) is 5.45. The van der Waals surface area contributed by atoms with Crippen molar-refractivity contribution in [1.29, 1.82) is 0 Å². The lowest BCUT2D eigenvalue weighted by atomic mass is 10.2. The Morgan fingerprint density at radius 3 is 2.56 bits per heavy atom. The molecule has 1 fully saturated rings. The van der Waals surface area contributed by atoms with Gasteiger partial charge < -0.3 is 4.74 Å². The fourth-order valence-electron chi connectivity index (χ4n) is 2.17. The highest BCUT2D eigenvalue weighted by atomic mass is 32.2. The molecule has 0 unspecified atom stereocenters. The summed E-state index contributed by atoms with van der Waals surface area (Å²) < 4.78 is 40.9. The van der Waals surface area contributed by atoms with Gasteiger partial charge in [0, 0.05) is 18.7 Å². The average Bonchev–Trinajstić information content (AvgIpc) is 3.23. The molecule has 0 saturated heterocycles. The van der Waals surface area contributed by atoms with Gasteiger partial charge in [0.25, 0.3) is 0 Å². The molecule has 1 aromatic carbocycles. The number of carbonyl (C=O) groups excluding carboxylic acids is 1. The van der Waals surface area contributed by atoms with E-state index in [0.717, 1.165) is 18.4 Å². The van der Waals surface area contributed by atoms with Crippen LogP contribution in [0, 0.1) is 0 Å². The Hall–Kier alpha value is -1.81. The third kappa shape index (κ3) is 5.08. The highest BCUT2D eigenvalue weighted by Crippen LogP contribution is 2.36. The van der Waals surface area contributed by atoms with Crippen LogP contribution in [0.2, 0.25) is 0 Å². The molecule has 1 heterocycles. The van der Waals surface area contributed by atoms with E-state index in [9.17, 15) is 18.0 Å². The standard InChI is InChI=1S/C15H14F3N3O2S2/c1-9(22)21(11-4-5-11)13-19-20-14(25-13)24-8-10-2-6-12(7-3-10)23-15(16,17)18/h2-3,6-7,11H,4-5,8H2,1H3.